The van der Waals surface area contributed by atoms with Crippen molar-refractivity contribution in [3.8, 4) is 0 Å². The van der Waals surface area contributed by atoms with Gasteiger partial charge in [0, 0.05) is 10.0 Å². The Morgan fingerprint density at radius 2 is 1.83 bits per heavy atom. The van der Waals surface area contributed by atoms with Gasteiger partial charge in [-0.15, -0.1) is 0 Å². The Kier molecular flexibility index (Phi) is 3.12. The van der Waals surface area contributed by atoms with E-state index in [0.717, 1.165) is 0 Å². The molecule has 0 saturated heterocycles. The van der Waals surface area contributed by atoms with Crippen molar-refractivity contribution in [2.75, 3.05) is 0 Å². The Morgan fingerprint density at radius 1 is 1.33 bits per heavy atom. The van der Waals surface area contributed by atoms with Crippen LogP contribution in [0, 0.1) is 0 Å². The van der Waals surface area contributed by atoms with Gasteiger partial charge in [-0.25, -0.2) is 0 Å². The summed E-state index contributed by atoms with van der Waals surface area (Å²) in [6, 6.07) is 5.15. The Morgan fingerprint density at radius 3 is 2.25 bits per heavy atom. The van der Waals surface area contributed by atoms with Crippen LogP contribution < -0.4 is 0 Å². The minimum Gasteiger partial charge on any atom is -0.290 e. The van der Waals surface area contributed by atoms with Crippen LogP contribution in [-0.2, 0) is 4.79 Å². The van der Waals surface area contributed by atoms with E-state index in [1.807, 2.05) is 6.29 Å². The normalized spacial score (nSPS) is 12.6. The van der Waals surface area contributed by atoms with Gasteiger partial charge in [-0.05, 0) is 17.7 Å². The summed E-state index contributed by atoms with van der Waals surface area (Å²) in [4.78, 5) is 10.4. The third kappa shape index (κ3) is 1.79. The van der Waals surface area contributed by atoms with Crippen molar-refractivity contribution in [3.63, 3.8) is 0 Å². The molecule has 0 aliphatic carbocycles. The van der Waals surface area contributed by atoms with E-state index in [0.29, 0.717) is 15.6 Å². The maximum absolute atomic E-state index is 10.4. The molecule has 0 heterocycles. The second-order valence-electron chi connectivity index (χ2n) is 2.47. The van der Waals surface area contributed by atoms with Crippen molar-refractivity contribution < 1.29 is 4.79 Å². The molecule has 63 valence electrons. The lowest BCUT2D eigenvalue weighted by Gasteiger charge is -2.07. The third-order valence-corrected chi connectivity index (χ3v) is 2.27. The molecule has 0 fully saturated rings. The van der Waals surface area contributed by atoms with E-state index >= 15 is 0 Å². The lowest BCUT2D eigenvalue weighted by atomic mass is 10.0. The predicted molar refractivity (Wildman–Crippen MR) is 50.6 cm³/mol. The van der Waals surface area contributed by atoms with Crippen LogP contribution in [0.25, 0.3) is 0 Å². The predicted octanol–water partition coefficient (Wildman–Crippen LogP) is 3.21. The Bertz CT molecular complexity index is 276. The van der Waals surface area contributed by atoms with Crippen LogP contribution in [-0.4, -0.2) is 6.29 Å². The van der Waals surface area contributed by atoms with Gasteiger partial charge in [-0.2, -0.15) is 0 Å². The maximum atomic E-state index is 10.4. The van der Waals surface area contributed by atoms with Gasteiger partial charge in [0.15, 0.2) is 0 Å². The quantitative estimate of drug-likeness (QED) is 0.719. The lowest BCUT2D eigenvalue weighted by Crippen LogP contribution is -1.96. The first-order valence-electron chi connectivity index (χ1n) is 3.48. The fraction of sp³-hybridized carbons (Fsp3) is 0.222. The van der Waals surface area contributed by atoms with Gasteiger partial charge in [0.1, 0.15) is 0 Å². The molecule has 0 amide bonds. The number of halogens is 2. The van der Waals surface area contributed by atoms with Crippen molar-refractivity contribution in [2.24, 2.45) is 0 Å². The highest BCUT2D eigenvalue weighted by molar-refractivity contribution is 6.36. The summed E-state index contributed by atoms with van der Waals surface area (Å²) in [7, 11) is 0. The minimum atomic E-state index is -0.369. The van der Waals surface area contributed by atoms with Gasteiger partial charge in [0.2, 0.25) is 6.29 Å². The largest absolute Gasteiger partial charge is 0.290 e. The summed E-state index contributed by atoms with van der Waals surface area (Å²) in [6.45, 7) is 1.71. The SMILES string of the molecule is CC([C]=O)c1c(Cl)cccc1Cl. The molecule has 1 aromatic rings. The molecule has 0 N–H and O–H groups in total. The minimum absolute atomic E-state index is 0.369. The van der Waals surface area contributed by atoms with Crippen LogP contribution in [0.1, 0.15) is 18.4 Å². The zero-order chi connectivity index (χ0) is 9.14. The molecular formula is C9H7Cl2O. The second-order valence-corrected chi connectivity index (χ2v) is 3.29. The summed E-state index contributed by atoms with van der Waals surface area (Å²) < 4.78 is 0. The summed E-state index contributed by atoms with van der Waals surface area (Å²) in [5, 5.41) is 1.02. The Balaban J connectivity index is 3.20. The van der Waals surface area contributed by atoms with Crippen LogP contribution in [0.2, 0.25) is 10.0 Å². The van der Waals surface area contributed by atoms with E-state index < -0.39 is 0 Å². The number of carbonyl (C=O) groups excluding carboxylic acids is 1. The molecule has 0 spiro atoms. The molecule has 1 rings (SSSR count). The number of rotatable bonds is 2. The molecule has 3 heteroatoms. The average Bonchev–Trinajstić information content (AvgIpc) is 2.03. The van der Waals surface area contributed by atoms with Gasteiger partial charge in [0.05, 0.1) is 5.92 Å². The zero-order valence-corrected chi connectivity index (χ0v) is 7.99. The van der Waals surface area contributed by atoms with Gasteiger partial charge in [-0.3, -0.25) is 4.79 Å². The third-order valence-electron chi connectivity index (χ3n) is 1.61. The van der Waals surface area contributed by atoms with E-state index in [1.165, 1.54) is 0 Å². The summed E-state index contributed by atoms with van der Waals surface area (Å²) in [5.41, 5.74) is 0.649. The molecule has 1 radical (unpaired) electrons. The monoisotopic (exact) mass is 201 g/mol. The maximum Gasteiger partial charge on any atom is 0.206 e. The summed E-state index contributed by atoms with van der Waals surface area (Å²) >= 11 is 11.7. The van der Waals surface area contributed by atoms with Crippen LogP contribution in [0.15, 0.2) is 18.2 Å². The summed E-state index contributed by atoms with van der Waals surface area (Å²) in [5.74, 6) is -0.369. The number of benzene rings is 1. The molecule has 1 atom stereocenters. The van der Waals surface area contributed by atoms with Gasteiger partial charge >= 0.3 is 0 Å². The van der Waals surface area contributed by atoms with Crippen LogP contribution in [0.5, 0.6) is 0 Å². The molecule has 0 aliphatic heterocycles. The first-order chi connectivity index (χ1) is 5.66. The van der Waals surface area contributed by atoms with E-state index in [-0.39, 0.29) is 5.92 Å². The van der Waals surface area contributed by atoms with Crippen LogP contribution in [0.3, 0.4) is 0 Å². The van der Waals surface area contributed by atoms with Crippen LogP contribution >= 0.6 is 23.2 Å². The molecule has 0 bridgehead atoms. The van der Waals surface area contributed by atoms with E-state index in [1.54, 1.807) is 25.1 Å². The van der Waals surface area contributed by atoms with Gasteiger partial charge in [-0.1, -0.05) is 36.2 Å². The van der Waals surface area contributed by atoms with Crippen molar-refractivity contribution in [3.05, 3.63) is 33.8 Å². The first kappa shape index (κ1) is 9.56. The topological polar surface area (TPSA) is 17.1 Å². The molecule has 0 aliphatic rings. The molecular weight excluding hydrogens is 195 g/mol. The standard InChI is InChI=1S/C9H7Cl2O/c1-6(5-12)9-7(10)3-2-4-8(9)11/h2-4,6H,1H3. The molecule has 1 nitrogen and oxygen atoms in total. The highest BCUT2D eigenvalue weighted by Gasteiger charge is 2.12. The van der Waals surface area contributed by atoms with Crippen molar-refractivity contribution in [1.29, 1.82) is 0 Å². The number of hydrogen-bond donors (Lipinski definition) is 0. The zero-order valence-electron chi connectivity index (χ0n) is 6.47. The average molecular weight is 202 g/mol. The second kappa shape index (κ2) is 3.92. The van der Waals surface area contributed by atoms with E-state index in [4.69, 9.17) is 23.2 Å². The fourth-order valence-corrected chi connectivity index (χ4v) is 1.71. The fourth-order valence-electron chi connectivity index (χ4n) is 0.983. The van der Waals surface area contributed by atoms with E-state index in [9.17, 15) is 4.79 Å². The first-order valence-corrected chi connectivity index (χ1v) is 4.24. The van der Waals surface area contributed by atoms with Crippen molar-refractivity contribution in [1.82, 2.24) is 0 Å². The van der Waals surface area contributed by atoms with E-state index in [2.05, 4.69) is 0 Å². The molecule has 0 saturated carbocycles. The molecule has 0 aromatic heterocycles. The molecule has 1 aromatic carbocycles. The molecule has 12 heavy (non-hydrogen) atoms. The van der Waals surface area contributed by atoms with Crippen LogP contribution in [0.4, 0.5) is 0 Å². The Labute approximate surface area is 81.3 Å². The summed E-state index contributed by atoms with van der Waals surface area (Å²) in [6.07, 6.45) is 1.84. The highest BCUT2D eigenvalue weighted by atomic mass is 35.5. The highest BCUT2D eigenvalue weighted by Crippen LogP contribution is 2.29. The smallest absolute Gasteiger partial charge is 0.206 e. The molecule has 1 unspecified atom stereocenters. The van der Waals surface area contributed by atoms with Gasteiger partial charge in [0.25, 0.3) is 0 Å². The number of hydrogen-bond acceptors (Lipinski definition) is 1. The Hall–Kier alpha value is -0.530. The van der Waals surface area contributed by atoms with Crippen molar-refractivity contribution >= 4 is 29.5 Å². The lowest BCUT2D eigenvalue weighted by molar-refractivity contribution is 0.546. The van der Waals surface area contributed by atoms with Crippen molar-refractivity contribution in [2.45, 2.75) is 12.8 Å². The van der Waals surface area contributed by atoms with Gasteiger partial charge < -0.3 is 0 Å².